The fourth-order valence-corrected chi connectivity index (χ4v) is 2.16. The number of hydrogen-bond acceptors (Lipinski definition) is 2. The molecule has 0 saturated carbocycles. The van der Waals surface area contributed by atoms with Crippen molar-refractivity contribution in [2.75, 3.05) is 6.54 Å². The van der Waals surface area contributed by atoms with Crippen molar-refractivity contribution in [1.29, 1.82) is 0 Å². The van der Waals surface area contributed by atoms with Crippen LogP contribution in [-0.2, 0) is 19.1 Å². The summed E-state index contributed by atoms with van der Waals surface area (Å²) in [5, 5.41) is 0. The van der Waals surface area contributed by atoms with Gasteiger partial charge in [0, 0.05) is 13.0 Å². The number of nitrogens with two attached hydrogens (primary N) is 1. The molecule has 0 radical (unpaired) electrons. The standard InChI is InChI=1S/C13H16F3N3/c1-2-19-11-6-5-9(13(14,15)16)8-10(11)18-12(19)4-3-7-17/h5-6,8H,2-4,7,17H2,1H3. The summed E-state index contributed by atoms with van der Waals surface area (Å²) in [6, 6.07) is 3.69. The number of fused-ring (bicyclic) bond motifs is 1. The zero-order valence-electron chi connectivity index (χ0n) is 10.7. The topological polar surface area (TPSA) is 43.8 Å². The molecule has 1 heterocycles. The summed E-state index contributed by atoms with van der Waals surface area (Å²) in [6.07, 6.45) is -2.88. The van der Waals surface area contributed by atoms with E-state index in [1.165, 1.54) is 6.07 Å². The minimum Gasteiger partial charge on any atom is -0.330 e. The molecule has 2 N–H and O–H groups in total. The van der Waals surface area contributed by atoms with Crippen molar-refractivity contribution in [2.45, 2.75) is 32.5 Å². The van der Waals surface area contributed by atoms with Gasteiger partial charge in [0.2, 0.25) is 0 Å². The minimum absolute atomic E-state index is 0.392. The lowest BCUT2D eigenvalue weighted by Gasteiger charge is -2.07. The van der Waals surface area contributed by atoms with E-state index >= 15 is 0 Å². The molecule has 0 atom stereocenters. The Morgan fingerprint density at radius 3 is 2.63 bits per heavy atom. The van der Waals surface area contributed by atoms with E-state index in [4.69, 9.17) is 5.73 Å². The second-order valence-corrected chi connectivity index (χ2v) is 4.37. The minimum atomic E-state index is -4.33. The van der Waals surface area contributed by atoms with Gasteiger partial charge >= 0.3 is 6.18 Å². The van der Waals surface area contributed by atoms with Crippen molar-refractivity contribution in [3.63, 3.8) is 0 Å². The molecule has 0 aliphatic carbocycles. The molecule has 0 saturated heterocycles. The maximum atomic E-state index is 12.7. The number of aryl methyl sites for hydroxylation is 2. The van der Waals surface area contributed by atoms with Gasteiger partial charge in [-0.05, 0) is 38.1 Å². The Morgan fingerprint density at radius 2 is 2.05 bits per heavy atom. The molecule has 3 nitrogen and oxygen atoms in total. The van der Waals surface area contributed by atoms with E-state index in [1.807, 2.05) is 11.5 Å². The Labute approximate surface area is 109 Å². The molecule has 0 unspecified atom stereocenters. The monoisotopic (exact) mass is 271 g/mol. The fourth-order valence-electron chi connectivity index (χ4n) is 2.16. The van der Waals surface area contributed by atoms with E-state index in [0.717, 1.165) is 29.9 Å². The first kappa shape index (κ1) is 13.9. The molecule has 0 spiro atoms. The maximum Gasteiger partial charge on any atom is 0.416 e. The van der Waals surface area contributed by atoms with Gasteiger partial charge in [0.05, 0.1) is 16.6 Å². The number of hydrogen-bond donors (Lipinski definition) is 1. The van der Waals surface area contributed by atoms with Crippen LogP contribution in [0.25, 0.3) is 11.0 Å². The third-order valence-electron chi connectivity index (χ3n) is 3.08. The van der Waals surface area contributed by atoms with Crippen LogP contribution in [0.4, 0.5) is 13.2 Å². The Kier molecular flexibility index (Phi) is 3.80. The molecular formula is C13H16F3N3. The molecular weight excluding hydrogens is 255 g/mol. The first-order valence-corrected chi connectivity index (χ1v) is 6.23. The van der Waals surface area contributed by atoms with Gasteiger partial charge in [-0.1, -0.05) is 0 Å². The van der Waals surface area contributed by atoms with Crippen LogP contribution in [0.1, 0.15) is 24.7 Å². The fraction of sp³-hybridized carbons (Fsp3) is 0.462. The molecule has 0 amide bonds. The zero-order chi connectivity index (χ0) is 14.0. The van der Waals surface area contributed by atoms with E-state index in [0.29, 0.717) is 25.0 Å². The Bertz CT molecular complexity index is 572. The van der Waals surface area contributed by atoms with Crippen LogP contribution in [0, 0.1) is 0 Å². The lowest BCUT2D eigenvalue weighted by atomic mass is 10.2. The van der Waals surface area contributed by atoms with Crippen molar-refractivity contribution >= 4 is 11.0 Å². The molecule has 0 bridgehead atoms. The number of alkyl halides is 3. The highest BCUT2D eigenvalue weighted by atomic mass is 19.4. The molecule has 19 heavy (non-hydrogen) atoms. The number of nitrogens with zero attached hydrogens (tertiary/aromatic N) is 2. The smallest absolute Gasteiger partial charge is 0.330 e. The lowest BCUT2D eigenvalue weighted by molar-refractivity contribution is -0.137. The third kappa shape index (κ3) is 2.73. The predicted molar refractivity (Wildman–Crippen MR) is 67.8 cm³/mol. The van der Waals surface area contributed by atoms with Crippen LogP contribution in [0.15, 0.2) is 18.2 Å². The molecule has 1 aromatic heterocycles. The van der Waals surface area contributed by atoms with Crippen LogP contribution in [0.3, 0.4) is 0 Å². The van der Waals surface area contributed by atoms with Gasteiger partial charge in [-0.15, -0.1) is 0 Å². The van der Waals surface area contributed by atoms with E-state index in [-0.39, 0.29) is 0 Å². The number of rotatable bonds is 4. The van der Waals surface area contributed by atoms with Gasteiger partial charge in [-0.25, -0.2) is 4.98 Å². The molecule has 0 aliphatic rings. The SMILES string of the molecule is CCn1c(CCCN)nc2cc(C(F)(F)F)ccc21. The van der Waals surface area contributed by atoms with Crippen molar-refractivity contribution in [1.82, 2.24) is 9.55 Å². The Morgan fingerprint density at radius 1 is 1.32 bits per heavy atom. The zero-order valence-corrected chi connectivity index (χ0v) is 10.7. The Hall–Kier alpha value is -1.56. The molecule has 6 heteroatoms. The molecule has 1 aromatic carbocycles. The summed E-state index contributed by atoms with van der Waals surface area (Å²) in [4.78, 5) is 4.30. The highest BCUT2D eigenvalue weighted by Gasteiger charge is 2.31. The number of benzene rings is 1. The van der Waals surface area contributed by atoms with E-state index in [1.54, 1.807) is 0 Å². The first-order chi connectivity index (χ1) is 8.97. The second kappa shape index (κ2) is 5.21. The lowest BCUT2D eigenvalue weighted by Crippen LogP contribution is -2.06. The summed E-state index contributed by atoms with van der Waals surface area (Å²) in [5.41, 5.74) is 5.93. The van der Waals surface area contributed by atoms with Crippen LogP contribution < -0.4 is 5.73 Å². The van der Waals surface area contributed by atoms with E-state index < -0.39 is 11.7 Å². The predicted octanol–water partition coefficient (Wildman–Crippen LogP) is 2.97. The number of halogens is 3. The first-order valence-electron chi connectivity index (χ1n) is 6.23. The van der Waals surface area contributed by atoms with Gasteiger partial charge in [-0.3, -0.25) is 0 Å². The quantitative estimate of drug-likeness (QED) is 0.929. The second-order valence-electron chi connectivity index (χ2n) is 4.37. The van der Waals surface area contributed by atoms with Crippen LogP contribution >= 0.6 is 0 Å². The molecule has 0 fully saturated rings. The van der Waals surface area contributed by atoms with Gasteiger partial charge in [0.25, 0.3) is 0 Å². The van der Waals surface area contributed by atoms with Gasteiger partial charge in [0.15, 0.2) is 0 Å². The summed E-state index contributed by atoms with van der Waals surface area (Å²) in [5.74, 6) is 0.794. The summed E-state index contributed by atoms with van der Waals surface area (Å²) >= 11 is 0. The number of imidazole rings is 1. The van der Waals surface area contributed by atoms with E-state index in [2.05, 4.69) is 4.98 Å². The highest BCUT2D eigenvalue weighted by molar-refractivity contribution is 5.77. The summed E-state index contributed by atoms with van der Waals surface area (Å²) in [6.45, 7) is 3.17. The van der Waals surface area contributed by atoms with Crippen molar-refractivity contribution in [3.8, 4) is 0 Å². The summed E-state index contributed by atoms with van der Waals surface area (Å²) in [7, 11) is 0. The largest absolute Gasteiger partial charge is 0.416 e. The van der Waals surface area contributed by atoms with E-state index in [9.17, 15) is 13.2 Å². The molecule has 104 valence electrons. The molecule has 0 aliphatic heterocycles. The third-order valence-corrected chi connectivity index (χ3v) is 3.08. The highest BCUT2D eigenvalue weighted by Crippen LogP contribution is 2.31. The van der Waals surface area contributed by atoms with Gasteiger partial charge in [-0.2, -0.15) is 13.2 Å². The van der Waals surface area contributed by atoms with Crippen molar-refractivity contribution in [2.24, 2.45) is 5.73 Å². The van der Waals surface area contributed by atoms with Crippen LogP contribution in [0.5, 0.6) is 0 Å². The van der Waals surface area contributed by atoms with Crippen LogP contribution in [-0.4, -0.2) is 16.1 Å². The average molecular weight is 271 g/mol. The maximum absolute atomic E-state index is 12.7. The van der Waals surface area contributed by atoms with Crippen molar-refractivity contribution < 1.29 is 13.2 Å². The molecule has 2 rings (SSSR count). The summed E-state index contributed by atoms with van der Waals surface area (Å²) < 4.78 is 39.9. The number of aromatic nitrogens is 2. The normalized spacial score (nSPS) is 12.3. The average Bonchev–Trinajstić information content (AvgIpc) is 2.71. The van der Waals surface area contributed by atoms with Gasteiger partial charge in [0.1, 0.15) is 5.82 Å². The molecule has 2 aromatic rings. The van der Waals surface area contributed by atoms with Gasteiger partial charge < -0.3 is 10.3 Å². The van der Waals surface area contributed by atoms with Crippen LogP contribution in [0.2, 0.25) is 0 Å². The Balaban J connectivity index is 2.49. The van der Waals surface area contributed by atoms with Crippen molar-refractivity contribution in [3.05, 3.63) is 29.6 Å².